The number of anilines is 1. The molecule has 0 bridgehead atoms. The zero-order valence-electron chi connectivity index (χ0n) is 19.4. The Hall–Kier alpha value is -2.56. The van der Waals surface area contributed by atoms with E-state index in [-0.39, 0.29) is 22.7 Å². The largest absolute Gasteiger partial charge is 0.311 e. The summed E-state index contributed by atoms with van der Waals surface area (Å²) in [5.41, 5.74) is 1.49. The summed E-state index contributed by atoms with van der Waals surface area (Å²) >= 11 is 1.21. The van der Waals surface area contributed by atoms with E-state index in [0.29, 0.717) is 35.3 Å². The molecule has 0 saturated carbocycles. The number of sulfonamides is 1. The molecule has 0 spiro atoms. The van der Waals surface area contributed by atoms with Crippen LogP contribution in [0.1, 0.15) is 36.6 Å². The third-order valence-electron chi connectivity index (χ3n) is 6.86. The van der Waals surface area contributed by atoms with Crippen LogP contribution in [0.15, 0.2) is 40.3 Å². The molecule has 4 heterocycles. The van der Waals surface area contributed by atoms with Crippen LogP contribution < -0.4 is 10.5 Å². The van der Waals surface area contributed by atoms with Crippen molar-refractivity contribution in [2.75, 3.05) is 24.5 Å². The van der Waals surface area contributed by atoms with Gasteiger partial charge >= 0.3 is 0 Å². The number of nitrogens with zero attached hydrogens (tertiary/aromatic N) is 4. The number of aromatic nitrogens is 2. The number of piperidine rings is 1. The maximum absolute atomic E-state index is 13.5. The van der Waals surface area contributed by atoms with Crippen LogP contribution in [0.5, 0.6) is 0 Å². The smallest absolute Gasteiger partial charge is 0.263 e. The van der Waals surface area contributed by atoms with Gasteiger partial charge in [0.25, 0.3) is 5.56 Å². The number of carbonyl (C=O) groups is 1. The van der Waals surface area contributed by atoms with Gasteiger partial charge in [-0.2, -0.15) is 4.31 Å². The third kappa shape index (κ3) is 3.97. The van der Waals surface area contributed by atoms with Gasteiger partial charge in [-0.25, -0.2) is 13.4 Å². The van der Waals surface area contributed by atoms with Gasteiger partial charge in [0.15, 0.2) is 0 Å². The number of fused-ring (bicyclic) bond motifs is 2. The monoisotopic (exact) mass is 500 g/mol. The average Bonchev–Trinajstić information content (AvgIpc) is 3.18. The Bertz CT molecular complexity index is 1420. The molecule has 1 amide bonds. The minimum atomic E-state index is -3.83. The van der Waals surface area contributed by atoms with Crippen molar-refractivity contribution in [2.45, 2.75) is 51.0 Å². The Labute approximate surface area is 202 Å². The van der Waals surface area contributed by atoms with Gasteiger partial charge in [0.2, 0.25) is 15.9 Å². The van der Waals surface area contributed by atoms with Crippen LogP contribution >= 0.6 is 11.3 Å². The van der Waals surface area contributed by atoms with E-state index in [2.05, 4.69) is 11.9 Å². The number of thiophene rings is 1. The van der Waals surface area contributed by atoms with E-state index in [4.69, 9.17) is 0 Å². The van der Waals surface area contributed by atoms with Crippen LogP contribution in [0.2, 0.25) is 0 Å². The lowest BCUT2D eigenvalue weighted by molar-refractivity contribution is -0.119. The molecule has 10 heteroatoms. The predicted molar refractivity (Wildman–Crippen MR) is 133 cm³/mol. The maximum Gasteiger partial charge on any atom is 0.263 e. The molecule has 8 nitrogen and oxygen atoms in total. The quantitative estimate of drug-likeness (QED) is 0.549. The molecule has 0 unspecified atom stereocenters. The lowest BCUT2D eigenvalue weighted by atomic mass is 10.0. The number of hydrogen-bond donors (Lipinski definition) is 0. The maximum atomic E-state index is 13.5. The van der Waals surface area contributed by atoms with E-state index in [1.54, 1.807) is 11.8 Å². The molecule has 2 aliphatic heterocycles. The van der Waals surface area contributed by atoms with Gasteiger partial charge in [0.05, 0.1) is 11.7 Å². The summed E-state index contributed by atoms with van der Waals surface area (Å²) in [6.07, 6.45) is 4.73. The Kier molecular flexibility index (Phi) is 6.07. The number of carbonyl (C=O) groups excluding carboxylic acids is 1. The highest BCUT2D eigenvalue weighted by molar-refractivity contribution is 7.89. The fraction of sp³-hybridized carbons (Fsp3) is 0.458. The van der Waals surface area contributed by atoms with Crippen molar-refractivity contribution >= 4 is 43.2 Å². The van der Waals surface area contributed by atoms with Crippen molar-refractivity contribution in [3.05, 3.63) is 51.4 Å². The first-order chi connectivity index (χ1) is 16.3. The van der Waals surface area contributed by atoms with Gasteiger partial charge in [0.1, 0.15) is 16.3 Å². The molecule has 2 aromatic heterocycles. The summed E-state index contributed by atoms with van der Waals surface area (Å²) in [7, 11) is -3.83. The molecule has 1 aromatic carbocycles. The molecule has 1 fully saturated rings. The van der Waals surface area contributed by atoms with Gasteiger partial charge in [-0.3, -0.25) is 14.2 Å². The Morgan fingerprint density at radius 2 is 1.91 bits per heavy atom. The summed E-state index contributed by atoms with van der Waals surface area (Å²) in [4.78, 5) is 33.7. The SMILES string of the molecule is Cc1sc2ncn(CC(=O)N3CCCc4ccccc43)c(=O)c2c1S(=O)(=O)N1CCC(C)CC1. The molecular weight excluding hydrogens is 472 g/mol. The van der Waals surface area contributed by atoms with Crippen molar-refractivity contribution in [3.63, 3.8) is 0 Å². The van der Waals surface area contributed by atoms with Gasteiger partial charge in [0, 0.05) is 30.2 Å². The van der Waals surface area contributed by atoms with Crippen LogP contribution in [0.25, 0.3) is 10.2 Å². The zero-order valence-corrected chi connectivity index (χ0v) is 21.0. The van der Waals surface area contributed by atoms with Gasteiger partial charge in [-0.15, -0.1) is 11.3 Å². The first kappa shape index (κ1) is 23.2. The molecule has 2 aliphatic rings. The number of rotatable bonds is 4. The molecule has 1 saturated heterocycles. The van der Waals surface area contributed by atoms with Crippen LogP contribution in [-0.2, 0) is 27.8 Å². The first-order valence-corrected chi connectivity index (χ1v) is 13.9. The number of aryl methyl sites for hydroxylation is 2. The predicted octanol–water partition coefficient (Wildman–Crippen LogP) is 3.17. The molecule has 5 rings (SSSR count). The molecule has 0 aliphatic carbocycles. The number of amides is 1. The highest BCUT2D eigenvalue weighted by atomic mass is 32.2. The Morgan fingerprint density at radius 3 is 2.68 bits per heavy atom. The van der Waals surface area contributed by atoms with Crippen LogP contribution in [-0.4, -0.2) is 47.8 Å². The standard InChI is InChI=1S/C24H28N4O4S2/c1-16-9-12-27(13-10-16)34(31,32)22-17(2)33-23-21(22)24(30)26(15-25-23)14-20(29)28-11-5-7-18-6-3-4-8-19(18)28/h3-4,6,8,15-16H,5,7,9-14H2,1-2H3. The van der Waals surface area contributed by atoms with Gasteiger partial charge in [-0.05, 0) is 50.2 Å². The lowest BCUT2D eigenvalue weighted by Gasteiger charge is -2.29. The number of hydrogen-bond acceptors (Lipinski definition) is 6. The number of para-hydroxylation sites is 1. The second kappa shape index (κ2) is 8.90. The topological polar surface area (TPSA) is 92.6 Å². The van der Waals surface area contributed by atoms with Crippen LogP contribution in [0.3, 0.4) is 0 Å². The van der Waals surface area contributed by atoms with E-state index >= 15 is 0 Å². The number of benzene rings is 1. The summed E-state index contributed by atoms with van der Waals surface area (Å²) in [6.45, 7) is 5.13. The average molecular weight is 501 g/mol. The molecular formula is C24H28N4O4S2. The second-order valence-corrected chi connectivity index (χ2v) is 12.3. The van der Waals surface area contributed by atoms with Gasteiger partial charge in [-0.1, -0.05) is 25.1 Å². The van der Waals surface area contributed by atoms with E-state index in [0.717, 1.165) is 36.9 Å². The van der Waals surface area contributed by atoms with E-state index in [9.17, 15) is 18.0 Å². The van der Waals surface area contributed by atoms with E-state index < -0.39 is 15.6 Å². The van der Waals surface area contributed by atoms with E-state index in [1.807, 2.05) is 24.3 Å². The van der Waals surface area contributed by atoms with Crippen molar-refractivity contribution < 1.29 is 13.2 Å². The summed E-state index contributed by atoms with van der Waals surface area (Å²) in [5.74, 6) is 0.272. The first-order valence-electron chi connectivity index (χ1n) is 11.6. The zero-order chi connectivity index (χ0) is 24.0. The van der Waals surface area contributed by atoms with Crippen LogP contribution in [0, 0.1) is 12.8 Å². The lowest BCUT2D eigenvalue weighted by Crippen LogP contribution is -2.40. The molecule has 0 radical (unpaired) electrons. The Morgan fingerprint density at radius 1 is 1.18 bits per heavy atom. The summed E-state index contributed by atoms with van der Waals surface area (Å²) in [6, 6.07) is 7.79. The van der Waals surface area contributed by atoms with Crippen molar-refractivity contribution in [1.29, 1.82) is 0 Å². The van der Waals surface area contributed by atoms with Crippen molar-refractivity contribution in [2.24, 2.45) is 5.92 Å². The summed E-state index contributed by atoms with van der Waals surface area (Å²) < 4.78 is 29.8. The Balaban J connectivity index is 1.51. The van der Waals surface area contributed by atoms with Crippen molar-refractivity contribution in [3.8, 4) is 0 Å². The fourth-order valence-corrected chi connectivity index (χ4v) is 8.05. The van der Waals surface area contributed by atoms with Crippen LogP contribution in [0.4, 0.5) is 5.69 Å². The molecule has 0 atom stereocenters. The minimum absolute atomic E-state index is 0.0460. The molecule has 34 heavy (non-hydrogen) atoms. The second-order valence-electron chi connectivity index (χ2n) is 9.21. The highest BCUT2D eigenvalue weighted by Gasteiger charge is 2.34. The van der Waals surface area contributed by atoms with Crippen molar-refractivity contribution in [1.82, 2.24) is 13.9 Å². The normalized spacial score (nSPS) is 17.8. The fourth-order valence-electron chi connectivity index (χ4n) is 4.91. The summed E-state index contributed by atoms with van der Waals surface area (Å²) in [5, 5.41) is 0.0930. The third-order valence-corrected chi connectivity index (χ3v) is 10.1. The molecule has 180 valence electrons. The molecule has 3 aromatic rings. The molecule has 0 N–H and O–H groups in total. The highest BCUT2D eigenvalue weighted by Crippen LogP contribution is 2.34. The van der Waals surface area contributed by atoms with Gasteiger partial charge < -0.3 is 4.90 Å². The van der Waals surface area contributed by atoms with E-state index in [1.165, 1.54) is 26.5 Å². The minimum Gasteiger partial charge on any atom is -0.311 e.